The lowest BCUT2D eigenvalue weighted by atomic mass is 9.71. The highest BCUT2D eigenvalue weighted by atomic mass is 16.1. The van der Waals surface area contributed by atoms with Crippen LogP contribution in [-0.2, 0) is 4.79 Å². The molecule has 0 aromatic rings. The van der Waals surface area contributed by atoms with Gasteiger partial charge < -0.3 is 0 Å². The lowest BCUT2D eigenvalue weighted by Crippen LogP contribution is -2.60. The Morgan fingerprint density at radius 1 is 1.27 bits per heavy atom. The summed E-state index contributed by atoms with van der Waals surface area (Å²) in [5.41, 5.74) is 0.506. The van der Waals surface area contributed by atoms with Crippen LogP contribution < -0.4 is 0 Å². The first-order chi connectivity index (χ1) is 7.25. The van der Waals surface area contributed by atoms with Crippen LogP contribution in [0.3, 0.4) is 0 Å². The molecule has 0 N–H and O–H groups in total. The number of hydrogen-bond acceptors (Lipinski definition) is 2. The van der Waals surface area contributed by atoms with Gasteiger partial charge in [-0.3, -0.25) is 9.69 Å². The van der Waals surface area contributed by atoms with E-state index >= 15 is 0 Å². The smallest absolute Gasteiger partial charge is 0.136 e. The minimum absolute atomic E-state index is 0.506. The van der Waals surface area contributed by atoms with Gasteiger partial charge in [0.2, 0.25) is 0 Å². The van der Waals surface area contributed by atoms with Gasteiger partial charge in [-0.1, -0.05) is 6.92 Å². The van der Waals surface area contributed by atoms with Gasteiger partial charge in [-0.15, -0.1) is 0 Å². The van der Waals surface area contributed by atoms with Crippen LogP contribution in [0.25, 0.3) is 0 Å². The SMILES string of the molecule is CCC1(N2C3CCC2CC(=O)C3)CCC1. The van der Waals surface area contributed by atoms with Gasteiger partial charge in [-0.05, 0) is 38.5 Å². The van der Waals surface area contributed by atoms with Crippen molar-refractivity contribution < 1.29 is 4.79 Å². The lowest BCUT2D eigenvalue weighted by Gasteiger charge is -2.54. The minimum atomic E-state index is 0.506. The fourth-order valence-corrected chi connectivity index (χ4v) is 4.12. The van der Waals surface area contributed by atoms with E-state index in [0.29, 0.717) is 23.4 Å². The normalized spacial score (nSPS) is 39.1. The Morgan fingerprint density at radius 2 is 1.87 bits per heavy atom. The average Bonchev–Trinajstić information content (AvgIpc) is 2.43. The van der Waals surface area contributed by atoms with Gasteiger partial charge in [0.25, 0.3) is 0 Å². The van der Waals surface area contributed by atoms with E-state index < -0.39 is 0 Å². The Kier molecular flexibility index (Phi) is 2.17. The second-order valence-electron chi connectivity index (χ2n) is 5.67. The molecular formula is C13H21NO. The lowest BCUT2D eigenvalue weighted by molar-refractivity contribution is -0.128. The summed E-state index contributed by atoms with van der Waals surface area (Å²) in [7, 11) is 0. The summed E-state index contributed by atoms with van der Waals surface area (Å²) in [6.45, 7) is 2.33. The zero-order chi connectivity index (χ0) is 10.5. The monoisotopic (exact) mass is 207 g/mol. The number of hydrogen-bond donors (Lipinski definition) is 0. The molecule has 1 aliphatic carbocycles. The van der Waals surface area contributed by atoms with Crippen molar-refractivity contribution >= 4 is 5.78 Å². The van der Waals surface area contributed by atoms with Crippen LogP contribution in [0.15, 0.2) is 0 Å². The summed E-state index contributed by atoms with van der Waals surface area (Å²) in [5.74, 6) is 0.518. The Hall–Kier alpha value is -0.370. The Balaban J connectivity index is 1.84. The molecule has 15 heavy (non-hydrogen) atoms. The first-order valence-corrected chi connectivity index (χ1v) is 6.55. The van der Waals surface area contributed by atoms with Crippen LogP contribution in [0.1, 0.15) is 58.3 Å². The number of rotatable bonds is 2. The van der Waals surface area contributed by atoms with Gasteiger partial charge in [0, 0.05) is 30.5 Å². The molecule has 0 radical (unpaired) electrons. The number of carbonyl (C=O) groups is 1. The average molecular weight is 207 g/mol. The van der Waals surface area contributed by atoms with E-state index in [-0.39, 0.29) is 0 Å². The fraction of sp³-hybridized carbons (Fsp3) is 0.923. The molecule has 0 aromatic heterocycles. The third-order valence-corrected chi connectivity index (χ3v) is 5.04. The second kappa shape index (κ2) is 3.31. The van der Waals surface area contributed by atoms with E-state index in [4.69, 9.17) is 0 Å². The van der Waals surface area contributed by atoms with Crippen molar-refractivity contribution in [3.8, 4) is 0 Å². The largest absolute Gasteiger partial charge is 0.300 e. The number of ketones is 1. The molecule has 2 heteroatoms. The van der Waals surface area contributed by atoms with Crippen LogP contribution in [0.4, 0.5) is 0 Å². The molecule has 2 atom stereocenters. The molecule has 0 amide bonds. The van der Waals surface area contributed by atoms with E-state index in [2.05, 4.69) is 11.8 Å². The molecule has 2 unspecified atom stereocenters. The highest BCUT2D eigenvalue weighted by molar-refractivity contribution is 5.81. The van der Waals surface area contributed by atoms with Gasteiger partial charge in [0.15, 0.2) is 0 Å². The summed E-state index contributed by atoms with van der Waals surface area (Å²) < 4.78 is 0. The molecule has 0 aromatic carbocycles. The maximum Gasteiger partial charge on any atom is 0.136 e. The highest BCUT2D eigenvalue weighted by Gasteiger charge is 2.51. The number of nitrogens with zero attached hydrogens (tertiary/aromatic N) is 1. The Morgan fingerprint density at radius 3 is 2.27 bits per heavy atom. The first-order valence-electron chi connectivity index (χ1n) is 6.55. The summed E-state index contributed by atoms with van der Waals surface area (Å²) in [5, 5.41) is 0. The van der Waals surface area contributed by atoms with Crippen molar-refractivity contribution in [3.05, 3.63) is 0 Å². The quantitative estimate of drug-likeness (QED) is 0.693. The van der Waals surface area contributed by atoms with E-state index in [1.165, 1.54) is 38.5 Å². The molecule has 3 rings (SSSR count). The van der Waals surface area contributed by atoms with Crippen LogP contribution in [0.2, 0.25) is 0 Å². The molecule has 3 fully saturated rings. The third kappa shape index (κ3) is 1.30. The number of carbonyl (C=O) groups excluding carboxylic acids is 1. The zero-order valence-corrected chi connectivity index (χ0v) is 9.67. The predicted octanol–water partition coefficient (Wildman–Crippen LogP) is 2.52. The Labute approximate surface area is 92.0 Å². The van der Waals surface area contributed by atoms with Crippen molar-refractivity contribution in [2.75, 3.05) is 0 Å². The summed E-state index contributed by atoms with van der Waals surface area (Å²) in [4.78, 5) is 14.3. The summed E-state index contributed by atoms with van der Waals surface area (Å²) in [6.07, 6.45) is 9.69. The van der Waals surface area contributed by atoms with Crippen molar-refractivity contribution in [2.24, 2.45) is 0 Å². The number of piperidine rings is 1. The van der Waals surface area contributed by atoms with E-state index in [1.807, 2.05) is 0 Å². The van der Waals surface area contributed by atoms with Gasteiger partial charge in [0.1, 0.15) is 5.78 Å². The topological polar surface area (TPSA) is 20.3 Å². The molecule has 2 bridgehead atoms. The molecule has 2 nitrogen and oxygen atoms in total. The predicted molar refractivity (Wildman–Crippen MR) is 59.8 cm³/mol. The zero-order valence-electron chi connectivity index (χ0n) is 9.67. The van der Waals surface area contributed by atoms with Gasteiger partial charge in [-0.2, -0.15) is 0 Å². The number of fused-ring (bicyclic) bond motifs is 2. The van der Waals surface area contributed by atoms with Crippen LogP contribution >= 0.6 is 0 Å². The van der Waals surface area contributed by atoms with Gasteiger partial charge in [-0.25, -0.2) is 0 Å². The van der Waals surface area contributed by atoms with E-state index in [0.717, 1.165) is 12.8 Å². The summed E-state index contributed by atoms with van der Waals surface area (Å²) in [6, 6.07) is 1.22. The second-order valence-corrected chi connectivity index (χ2v) is 5.67. The minimum Gasteiger partial charge on any atom is -0.300 e. The number of Topliss-reactive ketones (excluding diaryl/α,β-unsaturated/α-hetero) is 1. The van der Waals surface area contributed by atoms with Crippen molar-refractivity contribution in [1.29, 1.82) is 0 Å². The van der Waals surface area contributed by atoms with Crippen LogP contribution in [-0.4, -0.2) is 28.3 Å². The van der Waals surface area contributed by atoms with E-state index in [1.54, 1.807) is 0 Å². The van der Waals surface area contributed by atoms with E-state index in [9.17, 15) is 4.79 Å². The van der Waals surface area contributed by atoms with Crippen molar-refractivity contribution in [3.63, 3.8) is 0 Å². The molecule has 1 saturated carbocycles. The molecule has 2 saturated heterocycles. The fourth-order valence-electron chi connectivity index (χ4n) is 4.12. The Bertz CT molecular complexity index is 261. The molecule has 0 spiro atoms. The van der Waals surface area contributed by atoms with Crippen LogP contribution in [0, 0.1) is 0 Å². The first kappa shape index (κ1) is 9.83. The molecule has 84 valence electrons. The van der Waals surface area contributed by atoms with Gasteiger partial charge >= 0.3 is 0 Å². The molecule has 2 aliphatic heterocycles. The standard InChI is InChI=1S/C13H21NO/c1-2-13(6-3-7-13)14-10-4-5-11(14)9-12(15)8-10/h10-11H,2-9H2,1H3. The van der Waals surface area contributed by atoms with Crippen molar-refractivity contribution in [1.82, 2.24) is 4.90 Å². The maximum atomic E-state index is 11.6. The van der Waals surface area contributed by atoms with Crippen molar-refractivity contribution in [2.45, 2.75) is 75.9 Å². The molecular weight excluding hydrogens is 186 g/mol. The summed E-state index contributed by atoms with van der Waals surface area (Å²) >= 11 is 0. The third-order valence-electron chi connectivity index (χ3n) is 5.04. The van der Waals surface area contributed by atoms with Gasteiger partial charge in [0.05, 0.1) is 0 Å². The maximum absolute atomic E-state index is 11.6. The molecule has 2 heterocycles. The highest BCUT2D eigenvalue weighted by Crippen LogP contribution is 2.49. The molecule has 3 aliphatic rings. The van der Waals surface area contributed by atoms with Crippen LogP contribution in [0.5, 0.6) is 0 Å².